The number of aliphatic hydroxyl groups excluding tert-OH is 1. The van der Waals surface area contributed by atoms with Crippen LogP contribution in [0.25, 0.3) is 0 Å². The van der Waals surface area contributed by atoms with Crippen LogP contribution in [-0.4, -0.2) is 45.7 Å². The van der Waals surface area contributed by atoms with Crippen molar-refractivity contribution in [2.24, 2.45) is 0 Å². The maximum atomic E-state index is 9.99. The van der Waals surface area contributed by atoms with Gasteiger partial charge in [-0.15, -0.1) is 10.2 Å². The molecule has 102 valence electrons. The van der Waals surface area contributed by atoms with Crippen LogP contribution in [0.5, 0.6) is 0 Å². The van der Waals surface area contributed by atoms with E-state index in [2.05, 4.69) is 27.2 Å². The van der Waals surface area contributed by atoms with Gasteiger partial charge in [0.25, 0.3) is 0 Å². The maximum absolute atomic E-state index is 9.99. The van der Waals surface area contributed by atoms with E-state index in [1.165, 1.54) is 16.9 Å². The quantitative estimate of drug-likeness (QED) is 0.793. The predicted molar refractivity (Wildman–Crippen MR) is 79.4 cm³/mol. The minimum atomic E-state index is -0.359. The second-order valence-electron chi connectivity index (χ2n) is 4.35. The van der Waals surface area contributed by atoms with Crippen LogP contribution in [0.4, 0.5) is 0 Å². The molecule has 1 N–H and O–H groups in total. The minimum Gasteiger partial charge on any atom is -0.391 e. The Morgan fingerprint density at radius 3 is 2.84 bits per heavy atom. The number of nitrogens with zero attached hydrogens (tertiary/aromatic N) is 3. The van der Waals surface area contributed by atoms with Gasteiger partial charge in [-0.1, -0.05) is 53.4 Å². The SMILES string of the molecule is CN(Cc1ccccc1)C[C@@H](O)CSc1nncs1. The molecule has 1 aromatic carbocycles. The summed E-state index contributed by atoms with van der Waals surface area (Å²) in [5, 5.41) is 17.7. The highest BCUT2D eigenvalue weighted by Gasteiger charge is 2.10. The van der Waals surface area contributed by atoms with Gasteiger partial charge in [0, 0.05) is 18.8 Å². The van der Waals surface area contributed by atoms with Crippen LogP contribution >= 0.6 is 23.1 Å². The van der Waals surface area contributed by atoms with Gasteiger partial charge in [-0.2, -0.15) is 0 Å². The van der Waals surface area contributed by atoms with Gasteiger partial charge in [0.05, 0.1) is 6.10 Å². The molecule has 1 heterocycles. The van der Waals surface area contributed by atoms with Crippen molar-refractivity contribution in [1.82, 2.24) is 15.1 Å². The Labute approximate surface area is 121 Å². The van der Waals surface area contributed by atoms with Gasteiger partial charge in [0.2, 0.25) is 0 Å². The van der Waals surface area contributed by atoms with Crippen molar-refractivity contribution in [2.75, 3.05) is 19.3 Å². The summed E-state index contributed by atoms with van der Waals surface area (Å²) in [4.78, 5) is 2.13. The van der Waals surface area contributed by atoms with Gasteiger partial charge >= 0.3 is 0 Å². The first-order valence-corrected chi connectivity index (χ1v) is 7.90. The summed E-state index contributed by atoms with van der Waals surface area (Å²) >= 11 is 3.05. The zero-order valence-electron chi connectivity index (χ0n) is 10.8. The fourth-order valence-corrected chi connectivity index (χ4v) is 3.19. The van der Waals surface area contributed by atoms with E-state index >= 15 is 0 Å². The number of hydrogen-bond donors (Lipinski definition) is 1. The zero-order valence-corrected chi connectivity index (χ0v) is 12.4. The number of likely N-dealkylation sites (N-methyl/N-ethyl adjacent to an activating group) is 1. The van der Waals surface area contributed by atoms with E-state index < -0.39 is 0 Å². The van der Waals surface area contributed by atoms with Crippen molar-refractivity contribution in [3.8, 4) is 0 Å². The summed E-state index contributed by atoms with van der Waals surface area (Å²) in [6, 6.07) is 10.3. The van der Waals surface area contributed by atoms with Crippen molar-refractivity contribution in [1.29, 1.82) is 0 Å². The second kappa shape index (κ2) is 7.59. The average molecular weight is 295 g/mol. The van der Waals surface area contributed by atoms with Crippen molar-refractivity contribution < 1.29 is 5.11 Å². The van der Waals surface area contributed by atoms with Gasteiger partial charge in [0.1, 0.15) is 5.51 Å². The van der Waals surface area contributed by atoms with E-state index in [-0.39, 0.29) is 6.10 Å². The number of benzene rings is 1. The van der Waals surface area contributed by atoms with Crippen LogP contribution in [0.3, 0.4) is 0 Å². The second-order valence-corrected chi connectivity index (χ2v) is 6.45. The third kappa shape index (κ3) is 5.28. The smallest absolute Gasteiger partial charge is 0.174 e. The molecule has 0 saturated heterocycles. The lowest BCUT2D eigenvalue weighted by atomic mass is 10.2. The lowest BCUT2D eigenvalue weighted by Gasteiger charge is -2.20. The standard InChI is InChI=1S/C13H17N3OS2/c1-16(7-11-5-3-2-4-6-11)8-12(17)9-18-13-15-14-10-19-13/h2-6,10,12,17H,7-9H2,1H3/t12-/m1/s1. The summed E-state index contributed by atoms with van der Waals surface area (Å²) in [6.45, 7) is 1.50. The lowest BCUT2D eigenvalue weighted by Crippen LogP contribution is -2.30. The molecule has 0 unspecified atom stereocenters. The molecule has 1 atom stereocenters. The Bertz CT molecular complexity index is 464. The summed E-state index contributed by atoms with van der Waals surface area (Å²) in [6.07, 6.45) is -0.359. The number of aromatic nitrogens is 2. The van der Waals surface area contributed by atoms with Crippen LogP contribution in [-0.2, 0) is 6.54 Å². The third-order valence-corrected chi connectivity index (χ3v) is 4.56. The molecule has 19 heavy (non-hydrogen) atoms. The molecule has 0 fully saturated rings. The Morgan fingerprint density at radius 2 is 2.16 bits per heavy atom. The molecular weight excluding hydrogens is 278 g/mol. The monoisotopic (exact) mass is 295 g/mol. The van der Waals surface area contributed by atoms with Crippen molar-refractivity contribution in [3.05, 3.63) is 41.4 Å². The van der Waals surface area contributed by atoms with Crippen molar-refractivity contribution in [3.63, 3.8) is 0 Å². The number of thioether (sulfide) groups is 1. The minimum absolute atomic E-state index is 0.359. The van der Waals surface area contributed by atoms with Crippen LogP contribution in [0, 0.1) is 0 Å². The number of hydrogen-bond acceptors (Lipinski definition) is 6. The first-order valence-electron chi connectivity index (χ1n) is 6.03. The van der Waals surface area contributed by atoms with E-state index in [4.69, 9.17) is 0 Å². The number of rotatable bonds is 7. The highest BCUT2D eigenvalue weighted by Crippen LogP contribution is 2.19. The Hall–Kier alpha value is -0.950. The molecule has 0 aliphatic carbocycles. The Balaban J connectivity index is 1.71. The molecular formula is C13H17N3OS2. The van der Waals surface area contributed by atoms with E-state index in [1.54, 1.807) is 17.3 Å². The summed E-state index contributed by atoms with van der Waals surface area (Å²) in [5.74, 6) is 0.647. The molecule has 2 aromatic rings. The maximum Gasteiger partial charge on any atom is 0.174 e. The van der Waals surface area contributed by atoms with Gasteiger partial charge in [-0.05, 0) is 12.6 Å². The molecule has 4 nitrogen and oxygen atoms in total. The van der Waals surface area contributed by atoms with Crippen LogP contribution in [0.1, 0.15) is 5.56 Å². The summed E-state index contributed by atoms with van der Waals surface area (Å²) < 4.78 is 0.907. The summed E-state index contributed by atoms with van der Waals surface area (Å²) in [5.41, 5.74) is 2.96. The lowest BCUT2D eigenvalue weighted by molar-refractivity contribution is 0.142. The van der Waals surface area contributed by atoms with Gasteiger partial charge in [-0.3, -0.25) is 4.90 Å². The molecule has 0 aliphatic rings. The first kappa shape index (κ1) is 14.5. The molecule has 0 radical (unpaired) electrons. The largest absolute Gasteiger partial charge is 0.391 e. The number of aliphatic hydroxyl groups is 1. The Kier molecular flexibility index (Phi) is 5.78. The van der Waals surface area contributed by atoms with E-state index in [9.17, 15) is 5.11 Å². The van der Waals surface area contributed by atoms with Gasteiger partial charge in [-0.25, -0.2) is 0 Å². The first-order chi connectivity index (χ1) is 9.24. The highest BCUT2D eigenvalue weighted by molar-refractivity contribution is 8.01. The predicted octanol–water partition coefficient (Wildman–Crippen LogP) is 2.12. The van der Waals surface area contributed by atoms with Crippen molar-refractivity contribution in [2.45, 2.75) is 17.0 Å². The molecule has 0 aliphatic heterocycles. The molecule has 0 bridgehead atoms. The molecule has 0 amide bonds. The van der Waals surface area contributed by atoms with Crippen LogP contribution in [0.2, 0.25) is 0 Å². The van der Waals surface area contributed by atoms with E-state index in [1.807, 2.05) is 25.2 Å². The summed E-state index contributed by atoms with van der Waals surface area (Å²) in [7, 11) is 2.02. The molecule has 1 aromatic heterocycles. The van der Waals surface area contributed by atoms with E-state index in [0.29, 0.717) is 12.3 Å². The van der Waals surface area contributed by atoms with Crippen LogP contribution in [0.15, 0.2) is 40.2 Å². The zero-order chi connectivity index (χ0) is 13.5. The average Bonchev–Trinajstić information content (AvgIpc) is 2.90. The molecule has 2 rings (SSSR count). The highest BCUT2D eigenvalue weighted by atomic mass is 32.2. The molecule has 6 heteroatoms. The van der Waals surface area contributed by atoms with Crippen LogP contribution < -0.4 is 0 Å². The van der Waals surface area contributed by atoms with Gasteiger partial charge in [0.15, 0.2) is 4.34 Å². The normalized spacial score (nSPS) is 12.8. The molecule has 0 saturated carbocycles. The Morgan fingerprint density at radius 1 is 1.37 bits per heavy atom. The molecule has 0 spiro atoms. The van der Waals surface area contributed by atoms with Gasteiger partial charge < -0.3 is 5.11 Å². The van der Waals surface area contributed by atoms with E-state index in [0.717, 1.165) is 10.9 Å². The topological polar surface area (TPSA) is 49.2 Å². The van der Waals surface area contributed by atoms with Crippen molar-refractivity contribution >= 4 is 23.1 Å². The fraction of sp³-hybridized carbons (Fsp3) is 0.385. The fourth-order valence-electron chi connectivity index (χ4n) is 1.77. The third-order valence-electron chi connectivity index (χ3n) is 2.56.